The molecule has 0 saturated heterocycles. The minimum atomic E-state index is 0.101. The number of carbonyl (C=O) groups is 1. The van der Waals surface area contributed by atoms with E-state index in [1.165, 1.54) is 32.1 Å². The summed E-state index contributed by atoms with van der Waals surface area (Å²) in [7, 11) is 0. The second kappa shape index (κ2) is 5.27. The fourth-order valence-electron chi connectivity index (χ4n) is 5.94. The molecule has 24 heavy (non-hydrogen) atoms. The molecule has 0 aliphatic heterocycles. The van der Waals surface area contributed by atoms with Gasteiger partial charge < -0.3 is 10.5 Å². The number of nitrogens with zero attached hydrogens (tertiary/aromatic N) is 1. The number of carbonyl (C=O) groups excluding carboxylic acids is 1. The van der Waals surface area contributed by atoms with Crippen LogP contribution in [0.25, 0.3) is 10.9 Å². The van der Waals surface area contributed by atoms with E-state index in [4.69, 9.17) is 0 Å². The highest BCUT2D eigenvalue weighted by Crippen LogP contribution is 2.53. The summed E-state index contributed by atoms with van der Waals surface area (Å²) < 4.78 is 1.13. The van der Waals surface area contributed by atoms with E-state index in [0.29, 0.717) is 24.3 Å². The summed E-state index contributed by atoms with van der Waals surface area (Å²) in [5, 5.41) is 14.3. The van der Waals surface area contributed by atoms with Gasteiger partial charge in [-0.1, -0.05) is 18.2 Å². The van der Waals surface area contributed by atoms with Crippen LogP contribution in [0.3, 0.4) is 0 Å². The van der Waals surface area contributed by atoms with E-state index >= 15 is 0 Å². The molecule has 6 rings (SSSR count). The van der Waals surface area contributed by atoms with Crippen LogP contribution in [0.1, 0.15) is 37.7 Å². The maximum atomic E-state index is 12.7. The van der Waals surface area contributed by atoms with Gasteiger partial charge in [-0.25, -0.2) is 0 Å². The summed E-state index contributed by atoms with van der Waals surface area (Å²) in [5.41, 5.74) is 1.66. The van der Waals surface area contributed by atoms with Crippen molar-refractivity contribution in [2.45, 2.75) is 44.6 Å². The number of benzene rings is 1. The third-order valence-corrected chi connectivity index (χ3v) is 6.68. The summed E-state index contributed by atoms with van der Waals surface area (Å²) in [4.78, 5) is 12.7. The Morgan fingerprint density at radius 3 is 2.46 bits per heavy atom. The lowest BCUT2D eigenvalue weighted by atomic mass is 9.54. The maximum absolute atomic E-state index is 12.7. The Labute approximate surface area is 141 Å². The molecule has 4 saturated carbocycles. The fraction of sp³-hybridized carbons (Fsp3) is 0.550. The summed E-state index contributed by atoms with van der Waals surface area (Å²) in [5.74, 6) is 3.35. The number of para-hydroxylation sites is 1. The maximum Gasteiger partial charge on any atom is 0.224 e. The van der Waals surface area contributed by atoms with Crippen molar-refractivity contribution in [1.82, 2.24) is 10.0 Å². The Hall–Kier alpha value is -1.97. The molecule has 4 bridgehead atoms. The molecule has 1 aromatic heterocycles. The summed E-state index contributed by atoms with van der Waals surface area (Å²) in [6.07, 6.45) is 8.70. The topological polar surface area (TPSA) is 54.3 Å². The SMILES string of the molecule is O=C(Cc1cn(O)c2ccccc12)NC1C2CC3CC(C2)CC1C3. The van der Waals surface area contributed by atoms with Crippen LogP contribution in [-0.2, 0) is 11.2 Å². The van der Waals surface area contributed by atoms with E-state index < -0.39 is 0 Å². The van der Waals surface area contributed by atoms with Crippen molar-refractivity contribution < 1.29 is 10.0 Å². The van der Waals surface area contributed by atoms with Gasteiger partial charge in [-0.15, -0.1) is 0 Å². The second-order valence-corrected chi connectivity index (χ2v) is 8.22. The first kappa shape index (κ1) is 14.4. The summed E-state index contributed by atoms with van der Waals surface area (Å²) >= 11 is 0. The lowest BCUT2D eigenvalue weighted by Gasteiger charge is -2.54. The molecule has 2 N–H and O–H groups in total. The quantitative estimate of drug-likeness (QED) is 0.851. The number of fused-ring (bicyclic) bond motifs is 1. The van der Waals surface area contributed by atoms with E-state index in [9.17, 15) is 10.0 Å². The number of nitrogens with one attached hydrogen (secondary N) is 1. The van der Waals surface area contributed by atoms with E-state index in [-0.39, 0.29) is 5.91 Å². The Morgan fingerprint density at radius 1 is 1.08 bits per heavy atom. The predicted molar refractivity (Wildman–Crippen MR) is 91.8 cm³/mol. The molecular formula is C20H24N2O2. The monoisotopic (exact) mass is 324 g/mol. The van der Waals surface area contributed by atoms with Gasteiger partial charge in [0.25, 0.3) is 0 Å². The number of amides is 1. The Bertz CT molecular complexity index is 766. The van der Waals surface area contributed by atoms with Crippen LogP contribution >= 0.6 is 0 Å². The van der Waals surface area contributed by atoms with E-state index in [0.717, 1.165) is 33.0 Å². The molecule has 1 heterocycles. The van der Waals surface area contributed by atoms with Gasteiger partial charge in [-0.3, -0.25) is 4.79 Å². The Morgan fingerprint density at radius 2 is 1.75 bits per heavy atom. The van der Waals surface area contributed by atoms with E-state index in [1.54, 1.807) is 6.20 Å². The van der Waals surface area contributed by atoms with Gasteiger partial charge in [0.05, 0.1) is 11.9 Å². The molecule has 0 radical (unpaired) electrons. The fourth-order valence-corrected chi connectivity index (χ4v) is 5.94. The van der Waals surface area contributed by atoms with Crippen molar-refractivity contribution in [1.29, 1.82) is 0 Å². The lowest BCUT2D eigenvalue weighted by molar-refractivity contribution is -0.124. The van der Waals surface area contributed by atoms with Crippen LogP contribution in [0.4, 0.5) is 0 Å². The molecule has 126 valence electrons. The molecule has 1 amide bonds. The van der Waals surface area contributed by atoms with Crippen LogP contribution in [0, 0.1) is 23.7 Å². The third kappa shape index (κ3) is 2.23. The number of rotatable bonds is 3. The first-order valence-corrected chi connectivity index (χ1v) is 9.25. The smallest absolute Gasteiger partial charge is 0.224 e. The Kier molecular flexibility index (Phi) is 3.15. The van der Waals surface area contributed by atoms with Crippen molar-refractivity contribution in [3.05, 3.63) is 36.0 Å². The van der Waals surface area contributed by atoms with Gasteiger partial charge in [0.1, 0.15) is 0 Å². The van der Waals surface area contributed by atoms with Crippen molar-refractivity contribution in [2.24, 2.45) is 23.7 Å². The molecule has 0 atom stereocenters. The van der Waals surface area contributed by atoms with E-state index in [2.05, 4.69) is 5.32 Å². The lowest BCUT2D eigenvalue weighted by Crippen LogP contribution is -2.56. The van der Waals surface area contributed by atoms with Gasteiger partial charge >= 0.3 is 0 Å². The minimum Gasteiger partial charge on any atom is -0.428 e. The van der Waals surface area contributed by atoms with Crippen molar-refractivity contribution in [3.63, 3.8) is 0 Å². The van der Waals surface area contributed by atoms with Crippen molar-refractivity contribution in [2.75, 3.05) is 0 Å². The molecule has 2 aromatic rings. The molecule has 0 unspecified atom stereocenters. The number of aromatic nitrogens is 1. The predicted octanol–water partition coefficient (Wildman–Crippen LogP) is 3.36. The zero-order valence-corrected chi connectivity index (χ0v) is 13.8. The molecule has 4 aliphatic rings. The summed E-state index contributed by atoms with van der Waals surface area (Å²) in [6.45, 7) is 0. The molecular weight excluding hydrogens is 300 g/mol. The zero-order chi connectivity index (χ0) is 16.3. The highest BCUT2D eigenvalue weighted by molar-refractivity contribution is 5.89. The largest absolute Gasteiger partial charge is 0.428 e. The zero-order valence-electron chi connectivity index (χ0n) is 13.8. The molecule has 0 spiro atoms. The normalized spacial score (nSPS) is 33.9. The number of hydrogen-bond acceptors (Lipinski definition) is 2. The standard InChI is InChI=1S/C20H24N2O2/c23-19(10-16-11-22(24)18-4-2-1-3-17(16)18)21-20-14-6-12-5-13(8-14)9-15(20)7-12/h1-4,11-15,20,24H,5-10H2,(H,21,23). The van der Waals surface area contributed by atoms with Crippen LogP contribution in [0.15, 0.2) is 30.5 Å². The Balaban J connectivity index is 1.32. The van der Waals surface area contributed by atoms with Gasteiger partial charge in [0.2, 0.25) is 5.91 Å². The van der Waals surface area contributed by atoms with Gasteiger partial charge in [-0.05, 0) is 67.4 Å². The highest BCUT2D eigenvalue weighted by atomic mass is 16.5. The molecule has 1 aromatic carbocycles. The number of hydrogen-bond donors (Lipinski definition) is 2. The minimum absolute atomic E-state index is 0.101. The van der Waals surface area contributed by atoms with Gasteiger partial charge in [0, 0.05) is 17.6 Å². The van der Waals surface area contributed by atoms with Crippen LogP contribution in [0.5, 0.6) is 0 Å². The average Bonchev–Trinajstić information content (AvgIpc) is 2.87. The molecule has 4 aliphatic carbocycles. The van der Waals surface area contributed by atoms with Crippen molar-refractivity contribution in [3.8, 4) is 0 Å². The molecule has 4 heteroatoms. The van der Waals surface area contributed by atoms with Crippen LogP contribution in [-0.4, -0.2) is 21.9 Å². The molecule has 4 fully saturated rings. The average molecular weight is 324 g/mol. The molecule has 4 nitrogen and oxygen atoms in total. The summed E-state index contributed by atoms with van der Waals surface area (Å²) in [6, 6.07) is 8.06. The second-order valence-electron chi connectivity index (χ2n) is 8.22. The van der Waals surface area contributed by atoms with Gasteiger partial charge in [0.15, 0.2) is 0 Å². The van der Waals surface area contributed by atoms with Crippen molar-refractivity contribution >= 4 is 16.8 Å². The third-order valence-electron chi connectivity index (χ3n) is 6.68. The van der Waals surface area contributed by atoms with Crippen LogP contribution in [0.2, 0.25) is 0 Å². The highest BCUT2D eigenvalue weighted by Gasteiger charge is 2.48. The first-order chi connectivity index (χ1) is 11.7. The first-order valence-electron chi connectivity index (χ1n) is 9.25. The van der Waals surface area contributed by atoms with Gasteiger partial charge in [-0.2, -0.15) is 4.73 Å². The van der Waals surface area contributed by atoms with E-state index in [1.807, 2.05) is 24.3 Å². The van der Waals surface area contributed by atoms with Crippen LogP contribution < -0.4 is 5.32 Å².